The molecule has 2 N–H and O–H groups in total. The third-order valence-electron chi connectivity index (χ3n) is 5.37. The highest BCUT2D eigenvalue weighted by Gasteiger charge is 2.28. The molecular weight excluding hydrogens is 489 g/mol. The molecule has 1 aliphatic carbocycles. The van der Waals surface area contributed by atoms with E-state index in [9.17, 15) is 0 Å². The maximum Gasteiger partial charge on any atom is 0.0944 e. The molecule has 0 aromatic carbocycles. The lowest BCUT2D eigenvalue weighted by Gasteiger charge is -2.00. The summed E-state index contributed by atoms with van der Waals surface area (Å²) in [6.07, 6.45) is 5.00. The van der Waals surface area contributed by atoms with Crippen molar-refractivity contribution in [3.63, 3.8) is 0 Å². The first-order chi connectivity index (χ1) is 15.3. The summed E-state index contributed by atoms with van der Waals surface area (Å²) in [5.74, 6) is 0. The fourth-order valence-electron chi connectivity index (χ4n) is 3.89. The van der Waals surface area contributed by atoms with Crippen molar-refractivity contribution in [3.05, 3.63) is 62.0 Å². The van der Waals surface area contributed by atoms with E-state index in [1.807, 2.05) is 42.6 Å². The Bertz CT molecular complexity index is 1460. The Labute approximate surface area is 209 Å². The summed E-state index contributed by atoms with van der Waals surface area (Å²) in [4.78, 5) is 11.2. The summed E-state index contributed by atoms with van der Waals surface area (Å²) in [6.45, 7) is 6.02. The average Bonchev–Trinajstić information content (AvgIpc) is 3.52. The van der Waals surface area contributed by atoms with E-state index in [0.717, 1.165) is 27.5 Å². The number of allylic oxidation sites excluding steroid dienone is 2. The molecule has 4 aromatic rings. The number of nitriles is 1. The Balaban J connectivity index is 1.51. The first kappa shape index (κ1) is 21.7. The minimum absolute atomic E-state index is 0.720. The van der Waals surface area contributed by atoms with Crippen molar-refractivity contribution >= 4 is 70.1 Å². The highest BCUT2D eigenvalue weighted by Crippen LogP contribution is 2.54. The van der Waals surface area contributed by atoms with Crippen molar-refractivity contribution in [2.75, 3.05) is 0 Å². The van der Waals surface area contributed by atoms with Gasteiger partial charge in [0.2, 0.25) is 0 Å². The van der Waals surface area contributed by atoms with E-state index in [4.69, 9.17) is 23.6 Å². The summed E-state index contributed by atoms with van der Waals surface area (Å²) in [7, 11) is 0. The Morgan fingerprint density at radius 1 is 0.969 bits per heavy atom. The van der Waals surface area contributed by atoms with Crippen LogP contribution in [0.15, 0.2) is 40.4 Å². The maximum atomic E-state index is 9.03. The van der Waals surface area contributed by atoms with E-state index in [1.165, 1.54) is 50.8 Å². The first-order valence-corrected chi connectivity index (χ1v) is 13.8. The normalized spacial score (nSPS) is 13.3. The van der Waals surface area contributed by atoms with Gasteiger partial charge in [0, 0.05) is 56.7 Å². The first-order valence-electron chi connectivity index (χ1n) is 10.0. The summed E-state index contributed by atoms with van der Waals surface area (Å²) in [6, 6.07) is 10.9. The third kappa shape index (κ3) is 3.81. The number of nitrogens with zero attached hydrogens (tertiary/aromatic N) is 1. The van der Waals surface area contributed by atoms with Gasteiger partial charge in [0.1, 0.15) is 0 Å². The molecule has 2 nitrogen and oxygen atoms in total. The molecule has 0 saturated heterocycles. The molecule has 1 aliphatic rings. The Hall–Kier alpha value is -2.08. The van der Waals surface area contributed by atoms with Crippen LogP contribution in [-0.2, 0) is 6.42 Å². The smallest absolute Gasteiger partial charge is 0.0944 e. The SMILES string of the molecule is C/C(N)=C/c1cc2c(s1)-c1sc(-c3sc(-c4ccc(/C=C(/C)C#N)s4)cc3S)c(C)c1C2. The zero-order valence-corrected chi connectivity index (χ0v) is 21.9. The molecule has 0 fully saturated rings. The van der Waals surface area contributed by atoms with Crippen molar-refractivity contribution < 1.29 is 0 Å². The fourth-order valence-corrected chi connectivity index (χ4v) is 9.50. The summed E-state index contributed by atoms with van der Waals surface area (Å²) in [5.41, 5.74) is 11.7. The number of rotatable bonds is 4. The monoisotopic (exact) mass is 508 g/mol. The minimum Gasteiger partial charge on any atom is -0.402 e. The van der Waals surface area contributed by atoms with E-state index in [2.05, 4.69) is 43.3 Å². The summed E-state index contributed by atoms with van der Waals surface area (Å²) < 4.78 is 0. The van der Waals surface area contributed by atoms with Gasteiger partial charge in [0.05, 0.1) is 10.9 Å². The van der Waals surface area contributed by atoms with Crippen molar-refractivity contribution in [1.29, 1.82) is 5.26 Å². The second-order valence-electron chi connectivity index (χ2n) is 7.90. The predicted molar refractivity (Wildman–Crippen MR) is 146 cm³/mol. The van der Waals surface area contributed by atoms with Gasteiger partial charge in [-0.05, 0) is 73.9 Å². The average molecular weight is 509 g/mol. The Morgan fingerprint density at radius 3 is 2.53 bits per heavy atom. The van der Waals surface area contributed by atoms with Crippen LogP contribution in [0.4, 0.5) is 0 Å². The standard InChI is InChI=1S/C25H20N2S5/c1-12(11-26)6-16-4-5-20(29-16)21-10-19(28)25(31-21)22-14(3)18-9-15-8-17(7-13(2)27)30-23(15)24(18)32-22/h4-8,10,28H,9,27H2,1-3H3/b12-6-,13-7-. The van der Waals surface area contributed by atoms with Crippen molar-refractivity contribution in [3.8, 4) is 35.3 Å². The van der Waals surface area contributed by atoms with Crippen molar-refractivity contribution in [2.24, 2.45) is 5.73 Å². The number of thiol groups is 1. The van der Waals surface area contributed by atoms with Gasteiger partial charge in [-0.3, -0.25) is 0 Å². The Kier molecular flexibility index (Phi) is 5.68. The van der Waals surface area contributed by atoms with Gasteiger partial charge < -0.3 is 5.73 Å². The van der Waals surface area contributed by atoms with Crippen LogP contribution in [0, 0.1) is 18.3 Å². The summed E-state index contributed by atoms with van der Waals surface area (Å²) in [5, 5.41) is 9.03. The molecule has 0 amide bonds. The van der Waals surface area contributed by atoms with Gasteiger partial charge in [-0.1, -0.05) is 0 Å². The molecule has 0 bridgehead atoms. The zero-order valence-electron chi connectivity index (χ0n) is 17.8. The lowest BCUT2D eigenvalue weighted by Crippen LogP contribution is -1.88. The van der Waals surface area contributed by atoms with E-state index in [0.29, 0.717) is 0 Å². The molecule has 32 heavy (non-hydrogen) atoms. The van der Waals surface area contributed by atoms with Crippen LogP contribution in [0.2, 0.25) is 0 Å². The number of hydrogen-bond acceptors (Lipinski definition) is 7. The molecule has 0 radical (unpaired) electrons. The summed E-state index contributed by atoms with van der Waals surface area (Å²) >= 11 is 12.1. The van der Waals surface area contributed by atoms with Crippen LogP contribution in [0.3, 0.4) is 0 Å². The van der Waals surface area contributed by atoms with Crippen LogP contribution >= 0.6 is 58.0 Å². The molecule has 0 aliphatic heterocycles. The maximum absolute atomic E-state index is 9.03. The second-order valence-corrected chi connectivity index (χ2v) is 12.7. The molecular formula is C25H20N2S5. The second kappa shape index (κ2) is 8.36. The molecule has 160 valence electrons. The van der Waals surface area contributed by atoms with E-state index in [1.54, 1.807) is 22.7 Å². The van der Waals surface area contributed by atoms with Gasteiger partial charge in [0.15, 0.2) is 0 Å². The van der Waals surface area contributed by atoms with Crippen LogP contribution in [0.5, 0.6) is 0 Å². The molecule has 0 saturated carbocycles. The highest BCUT2D eigenvalue weighted by atomic mass is 32.1. The van der Waals surface area contributed by atoms with Crippen LogP contribution < -0.4 is 5.73 Å². The minimum atomic E-state index is 0.720. The molecule has 7 heteroatoms. The van der Waals surface area contributed by atoms with E-state index >= 15 is 0 Å². The topological polar surface area (TPSA) is 49.8 Å². The molecule has 0 spiro atoms. The van der Waals surface area contributed by atoms with Gasteiger partial charge in [0.25, 0.3) is 0 Å². The van der Waals surface area contributed by atoms with Crippen LogP contribution in [0.1, 0.15) is 40.3 Å². The molecule has 0 atom stereocenters. The van der Waals surface area contributed by atoms with Crippen LogP contribution in [-0.4, -0.2) is 0 Å². The zero-order chi connectivity index (χ0) is 22.6. The predicted octanol–water partition coefficient (Wildman–Crippen LogP) is 8.68. The van der Waals surface area contributed by atoms with E-state index < -0.39 is 0 Å². The lowest BCUT2D eigenvalue weighted by atomic mass is 10.1. The third-order valence-corrected chi connectivity index (χ3v) is 11.0. The number of thiophene rings is 4. The highest BCUT2D eigenvalue weighted by molar-refractivity contribution is 7.80. The fraction of sp³-hybridized carbons (Fsp3) is 0.160. The van der Waals surface area contributed by atoms with Crippen molar-refractivity contribution in [1.82, 2.24) is 0 Å². The van der Waals surface area contributed by atoms with E-state index in [-0.39, 0.29) is 0 Å². The van der Waals surface area contributed by atoms with Gasteiger partial charge in [-0.25, -0.2) is 0 Å². The number of fused-ring (bicyclic) bond motifs is 3. The van der Waals surface area contributed by atoms with Gasteiger partial charge in [-0.2, -0.15) is 5.26 Å². The van der Waals surface area contributed by atoms with Gasteiger partial charge in [-0.15, -0.1) is 58.0 Å². The number of hydrogen-bond donors (Lipinski definition) is 2. The Morgan fingerprint density at radius 2 is 1.78 bits per heavy atom. The molecule has 0 unspecified atom stereocenters. The van der Waals surface area contributed by atoms with Gasteiger partial charge >= 0.3 is 0 Å². The largest absolute Gasteiger partial charge is 0.402 e. The molecule has 5 rings (SSSR count). The lowest BCUT2D eigenvalue weighted by molar-refractivity contribution is 1.24. The molecule has 4 heterocycles. The van der Waals surface area contributed by atoms with Crippen molar-refractivity contribution in [2.45, 2.75) is 32.1 Å². The molecule has 4 aromatic heterocycles. The number of nitrogens with two attached hydrogens (primary N) is 1. The van der Waals surface area contributed by atoms with Crippen LogP contribution in [0.25, 0.3) is 41.4 Å². The quantitative estimate of drug-likeness (QED) is 0.188.